The van der Waals surface area contributed by atoms with Crippen LogP contribution in [0, 0.1) is 6.92 Å². The first-order chi connectivity index (χ1) is 26.2. The van der Waals surface area contributed by atoms with Crippen LogP contribution in [-0.2, 0) is 12.8 Å². The quantitative estimate of drug-likeness (QED) is 0.163. The molecule has 1 aliphatic rings. The summed E-state index contributed by atoms with van der Waals surface area (Å²) in [6.45, 7) is 2.25. The van der Waals surface area contributed by atoms with Crippen LogP contribution in [0.2, 0.25) is 0 Å². The molecule has 1 unspecified atom stereocenters. The first-order valence-corrected chi connectivity index (χ1v) is 19.5. The van der Waals surface area contributed by atoms with E-state index in [0.29, 0.717) is 5.92 Å². The molecule has 0 spiro atoms. The summed E-state index contributed by atoms with van der Waals surface area (Å²) in [5.74, 6) is 0.354. The third-order valence-electron chi connectivity index (χ3n) is 11.3. The second kappa shape index (κ2) is 13.2. The van der Waals surface area contributed by atoms with E-state index in [2.05, 4.69) is 189 Å². The highest BCUT2D eigenvalue weighted by Crippen LogP contribution is 2.49. The standard InChI is InChI=1S/C52H38S/c1-34-14-8-9-19-41(34)48-33-47(40-29-28-39-31-45(38-17-6-3-7-18-38)42-20-10-11-21-43(42)46(39)32-40)51-44-22-12-13-23-50(44)53-52(51)49(48)30-35-24-26-37(27-25-35)36-15-4-2-5-16-36/h2-29,32-33,45H,30-31H2,1H3. The largest absolute Gasteiger partial charge is 0.135 e. The smallest absolute Gasteiger partial charge is 0.0403 e. The van der Waals surface area contributed by atoms with Crippen molar-refractivity contribution in [3.63, 3.8) is 0 Å². The average Bonchev–Trinajstić information content (AvgIpc) is 3.62. The van der Waals surface area contributed by atoms with Crippen LogP contribution < -0.4 is 0 Å². The number of hydrogen-bond donors (Lipinski definition) is 0. The van der Waals surface area contributed by atoms with E-state index in [1.54, 1.807) is 0 Å². The van der Waals surface area contributed by atoms with Gasteiger partial charge in [0.05, 0.1) is 0 Å². The molecule has 1 heterocycles. The Hall–Kier alpha value is -6.02. The van der Waals surface area contributed by atoms with Crippen molar-refractivity contribution in [3.05, 3.63) is 215 Å². The lowest BCUT2D eigenvalue weighted by molar-refractivity contribution is 0.794. The van der Waals surface area contributed by atoms with Crippen molar-refractivity contribution in [2.24, 2.45) is 0 Å². The molecule has 0 saturated carbocycles. The Labute approximate surface area is 315 Å². The van der Waals surface area contributed by atoms with Crippen LogP contribution in [-0.4, -0.2) is 0 Å². The van der Waals surface area contributed by atoms with Crippen molar-refractivity contribution in [1.29, 1.82) is 0 Å². The van der Waals surface area contributed by atoms with Gasteiger partial charge in [-0.1, -0.05) is 164 Å². The summed E-state index contributed by atoms with van der Waals surface area (Å²) in [6.07, 6.45) is 1.87. The molecule has 10 rings (SSSR count). The fraction of sp³-hybridized carbons (Fsp3) is 0.0769. The number of benzene rings is 8. The molecule has 0 fully saturated rings. The summed E-state index contributed by atoms with van der Waals surface area (Å²) in [4.78, 5) is 0. The maximum absolute atomic E-state index is 2.51. The lowest BCUT2D eigenvalue weighted by Crippen LogP contribution is -2.12. The molecular formula is C52H38S. The summed E-state index contributed by atoms with van der Waals surface area (Å²) in [7, 11) is 0. The van der Waals surface area contributed by atoms with Gasteiger partial charge in [0.15, 0.2) is 0 Å². The maximum atomic E-state index is 2.51. The molecule has 9 aromatic rings. The molecule has 0 N–H and O–H groups in total. The van der Waals surface area contributed by atoms with Gasteiger partial charge in [0.1, 0.15) is 0 Å². The van der Waals surface area contributed by atoms with E-state index in [0.717, 1.165) is 12.8 Å². The van der Waals surface area contributed by atoms with E-state index in [1.165, 1.54) is 98.1 Å². The maximum Gasteiger partial charge on any atom is 0.0403 e. The van der Waals surface area contributed by atoms with E-state index >= 15 is 0 Å². The Bertz CT molecular complexity index is 2770. The normalized spacial score (nSPS) is 13.6. The lowest BCUT2D eigenvalue weighted by Gasteiger charge is -2.29. The van der Waals surface area contributed by atoms with Crippen LogP contribution >= 0.6 is 11.3 Å². The number of rotatable bonds is 6. The molecule has 1 atom stereocenters. The second-order valence-corrected chi connectivity index (χ2v) is 15.5. The summed E-state index contributed by atoms with van der Waals surface area (Å²) in [5.41, 5.74) is 18.7. The van der Waals surface area contributed by atoms with Crippen molar-refractivity contribution < 1.29 is 0 Å². The molecule has 8 aromatic carbocycles. The summed E-state index contributed by atoms with van der Waals surface area (Å²) in [5, 5.41) is 2.70. The van der Waals surface area contributed by atoms with Crippen molar-refractivity contribution in [1.82, 2.24) is 0 Å². The fourth-order valence-electron chi connectivity index (χ4n) is 8.65. The van der Waals surface area contributed by atoms with Crippen LogP contribution in [0.25, 0.3) is 64.7 Å². The van der Waals surface area contributed by atoms with Gasteiger partial charge in [0.2, 0.25) is 0 Å². The zero-order chi connectivity index (χ0) is 35.3. The van der Waals surface area contributed by atoms with Gasteiger partial charge in [0.25, 0.3) is 0 Å². The summed E-state index contributed by atoms with van der Waals surface area (Å²) in [6, 6.07) is 67.7. The summed E-state index contributed by atoms with van der Waals surface area (Å²) < 4.78 is 2.72. The highest BCUT2D eigenvalue weighted by Gasteiger charge is 2.27. The number of fused-ring (bicyclic) bond motifs is 6. The minimum atomic E-state index is 0.354. The van der Waals surface area contributed by atoms with Gasteiger partial charge < -0.3 is 0 Å². The Kier molecular flexibility index (Phi) is 7.89. The predicted molar refractivity (Wildman–Crippen MR) is 227 cm³/mol. The van der Waals surface area contributed by atoms with Crippen LogP contribution in [0.3, 0.4) is 0 Å². The lowest BCUT2D eigenvalue weighted by atomic mass is 9.75. The van der Waals surface area contributed by atoms with E-state index in [4.69, 9.17) is 0 Å². The Morgan fingerprint density at radius 2 is 1.17 bits per heavy atom. The Morgan fingerprint density at radius 1 is 0.509 bits per heavy atom. The molecule has 1 heteroatoms. The van der Waals surface area contributed by atoms with E-state index in [1.807, 2.05) is 11.3 Å². The van der Waals surface area contributed by atoms with E-state index in [-0.39, 0.29) is 0 Å². The zero-order valence-corrected chi connectivity index (χ0v) is 30.5. The van der Waals surface area contributed by atoms with Gasteiger partial charge >= 0.3 is 0 Å². The molecular weight excluding hydrogens is 657 g/mol. The van der Waals surface area contributed by atoms with Gasteiger partial charge in [-0.2, -0.15) is 0 Å². The van der Waals surface area contributed by atoms with Crippen molar-refractivity contribution in [2.75, 3.05) is 0 Å². The van der Waals surface area contributed by atoms with Crippen LogP contribution in [0.4, 0.5) is 0 Å². The molecule has 1 aromatic heterocycles. The third-order valence-corrected chi connectivity index (χ3v) is 12.5. The first-order valence-electron chi connectivity index (χ1n) is 18.6. The van der Waals surface area contributed by atoms with Gasteiger partial charge in [0, 0.05) is 26.1 Å². The van der Waals surface area contributed by atoms with Gasteiger partial charge in [-0.15, -0.1) is 11.3 Å². The summed E-state index contributed by atoms with van der Waals surface area (Å²) >= 11 is 1.95. The number of hydrogen-bond acceptors (Lipinski definition) is 1. The monoisotopic (exact) mass is 694 g/mol. The fourth-order valence-corrected chi connectivity index (χ4v) is 9.93. The molecule has 53 heavy (non-hydrogen) atoms. The number of aryl methyl sites for hydroxylation is 1. The van der Waals surface area contributed by atoms with Gasteiger partial charge in [-0.3, -0.25) is 0 Å². The molecule has 0 amide bonds. The third kappa shape index (κ3) is 5.60. The topological polar surface area (TPSA) is 0 Å². The number of thiophene rings is 1. The molecule has 0 bridgehead atoms. The van der Waals surface area contributed by atoms with Crippen LogP contribution in [0.1, 0.15) is 39.3 Å². The SMILES string of the molecule is Cc1ccccc1-c1cc(-c2ccc3c(c2)-c2ccccc2C(c2ccccc2)C3)c2c(sc3ccccc32)c1Cc1ccc(-c2ccccc2)cc1. The van der Waals surface area contributed by atoms with Crippen molar-refractivity contribution >= 4 is 31.5 Å². The van der Waals surface area contributed by atoms with Gasteiger partial charge in [-0.05, 0) is 116 Å². The molecule has 0 saturated heterocycles. The first kappa shape index (κ1) is 31.7. The van der Waals surface area contributed by atoms with Gasteiger partial charge in [-0.25, -0.2) is 0 Å². The Balaban J connectivity index is 1.18. The van der Waals surface area contributed by atoms with Crippen molar-refractivity contribution in [2.45, 2.75) is 25.7 Å². The average molecular weight is 695 g/mol. The highest BCUT2D eigenvalue weighted by molar-refractivity contribution is 7.26. The molecule has 0 aliphatic heterocycles. The van der Waals surface area contributed by atoms with Crippen LogP contribution in [0.5, 0.6) is 0 Å². The Morgan fingerprint density at radius 3 is 1.98 bits per heavy atom. The molecule has 0 nitrogen and oxygen atoms in total. The molecule has 252 valence electrons. The van der Waals surface area contributed by atoms with E-state index < -0.39 is 0 Å². The zero-order valence-electron chi connectivity index (χ0n) is 29.7. The minimum Gasteiger partial charge on any atom is -0.135 e. The highest BCUT2D eigenvalue weighted by atomic mass is 32.1. The minimum absolute atomic E-state index is 0.354. The van der Waals surface area contributed by atoms with Crippen molar-refractivity contribution in [3.8, 4) is 44.5 Å². The van der Waals surface area contributed by atoms with E-state index in [9.17, 15) is 0 Å². The second-order valence-electron chi connectivity index (χ2n) is 14.4. The van der Waals surface area contributed by atoms with Crippen LogP contribution in [0.15, 0.2) is 182 Å². The molecule has 1 aliphatic carbocycles. The molecule has 0 radical (unpaired) electrons. The predicted octanol–water partition coefficient (Wildman–Crippen LogP) is 14.3.